The zero-order valence-electron chi connectivity index (χ0n) is 25.3. The summed E-state index contributed by atoms with van der Waals surface area (Å²) < 4.78 is 19.2. The Bertz CT molecular complexity index is 1360. The smallest absolute Gasteiger partial charge is 0.329 e. The van der Waals surface area contributed by atoms with E-state index in [0.717, 1.165) is 30.6 Å². The lowest BCUT2D eigenvalue weighted by Crippen LogP contribution is -2.49. The number of hydrogen-bond donors (Lipinski definition) is 4. The maximum Gasteiger partial charge on any atom is 0.329 e. The first-order valence-electron chi connectivity index (χ1n) is 14.2. The number of anilines is 1. The van der Waals surface area contributed by atoms with Gasteiger partial charge in [0.15, 0.2) is 0 Å². The summed E-state index contributed by atoms with van der Waals surface area (Å²) in [5.74, 6) is -2.18. The highest BCUT2D eigenvalue weighted by molar-refractivity contribution is 6.42. The predicted octanol–water partition coefficient (Wildman–Crippen LogP) is 3.53. The molecular weight excluding hydrogens is 579 g/mol. The van der Waals surface area contributed by atoms with Crippen LogP contribution in [0.3, 0.4) is 0 Å². The number of likely N-dealkylation sites (N-methyl/N-ethyl adjacent to an activating group) is 1. The Labute approximate surface area is 257 Å². The lowest BCUT2D eigenvalue weighted by atomic mass is 10.0. The molecule has 13 heteroatoms. The number of fused-ring (bicyclic) bond motifs is 1. The predicted molar refractivity (Wildman–Crippen MR) is 167 cm³/mol. The zero-order chi connectivity index (χ0) is 31.0. The number of amides is 4. The van der Waals surface area contributed by atoms with E-state index in [4.69, 9.17) is 10.5 Å². The molecule has 1 aromatic heterocycles. The monoisotopic (exact) mass is 620 g/mol. The Morgan fingerprint density at radius 3 is 2.51 bits per heavy atom. The van der Waals surface area contributed by atoms with Crippen LogP contribution in [-0.4, -0.2) is 79.6 Å². The zero-order valence-corrected chi connectivity index (χ0v) is 26.2. The molecule has 2 heterocycles. The van der Waals surface area contributed by atoms with Gasteiger partial charge in [-0.05, 0) is 82.6 Å². The number of unbranched alkanes of at least 4 members (excludes halogenated alkanes) is 1. The van der Waals surface area contributed by atoms with Crippen molar-refractivity contribution in [3.63, 3.8) is 0 Å². The van der Waals surface area contributed by atoms with Gasteiger partial charge in [-0.15, -0.1) is 12.4 Å². The van der Waals surface area contributed by atoms with Gasteiger partial charge < -0.3 is 31.0 Å². The number of aryl methyl sites for hydroxylation is 1. The Kier molecular flexibility index (Phi) is 13.4. The topological polar surface area (TPSA) is 150 Å². The van der Waals surface area contributed by atoms with Crippen LogP contribution in [0.15, 0.2) is 18.2 Å². The largest absolute Gasteiger partial charge is 0.467 e. The standard InChI is InChI=1S/C30H41FN6O5.ClH/c1-6-36(7-2)15-14-33-27(38)26-18(3)24(34-19(26)4)17-22-21-16-20(31)11-12-25(21)37(28(22)39)30(41)35-23(29(40)42-5)10-8-9-13-32;/h11-12,16-17,23,34H,6-10,13-15,32H2,1-5H3,(H,33,38)(H,35,41);1H/b22-17-;. The van der Waals surface area contributed by atoms with Crippen LogP contribution in [-0.2, 0) is 14.3 Å². The van der Waals surface area contributed by atoms with Crippen molar-refractivity contribution in [3.8, 4) is 0 Å². The number of esters is 1. The molecule has 0 bridgehead atoms. The summed E-state index contributed by atoms with van der Waals surface area (Å²) in [5, 5.41) is 5.53. The first kappa shape index (κ1) is 35.5. The van der Waals surface area contributed by atoms with Crippen LogP contribution in [0, 0.1) is 19.7 Å². The molecule has 0 fully saturated rings. The summed E-state index contributed by atoms with van der Waals surface area (Å²) in [4.78, 5) is 58.6. The first-order valence-corrected chi connectivity index (χ1v) is 14.2. The van der Waals surface area contributed by atoms with Crippen molar-refractivity contribution in [2.75, 3.05) is 44.7 Å². The van der Waals surface area contributed by atoms with Crippen LogP contribution in [0.25, 0.3) is 11.6 Å². The van der Waals surface area contributed by atoms with E-state index < -0.39 is 29.8 Å². The molecule has 0 saturated carbocycles. The summed E-state index contributed by atoms with van der Waals surface area (Å²) in [5.41, 5.74) is 8.16. The number of imide groups is 1. The summed E-state index contributed by atoms with van der Waals surface area (Å²) in [6, 6.07) is 1.84. The maximum atomic E-state index is 14.4. The fraction of sp³-hybridized carbons (Fsp3) is 0.467. The highest BCUT2D eigenvalue weighted by Crippen LogP contribution is 2.39. The van der Waals surface area contributed by atoms with Crippen LogP contribution >= 0.6 is 12.4 Å². The number of carbonyl (C=O) groups excluding carboxylic acids is 4. The first-order chi connectivity index (χ1) is 20.1. The Morgan fingerprint density at radius 1 is 1.19 bits per heavy atom. The Morgan fingerprint density at radius 2 is 1.88 bits per heavy atom. The van der Waals surface area contributed by atoms with E-state index in [-0.39, 0.29) is 41.6 Å². The summed E-state index contributed by atoms with van der Waals surface area (Å²) >= 11 is 0. The molecule has 1 unspecified atom stereocenters. The van der Waals surface area contributed by atoms with E-state index in [9.17, 15) is 23.6 Å². The molecular formula is C30H42ClFN6O5. The molecule has 1 aromatic carbocycles. The molecule has 0 spiro atoms. The van der Waals surface area contributed by atoms with Gasteiger partial charge in [-0.1, -0.05) is 13.8 Å². The molecule has 43 heavy (non-hydrogen) atoms. The third-order valence-electron chi connectivity index (χ3n) is 7.46. The van der Waals surface area contributed by atoms with Crippen molar-refractivity contribution in [2.45, 2.75) is 53.0 Å². The number of urea groups is 1. The fourth-order valence-corrected chi connectivity index (χ4v) is 5.06. The molecule has 1 atom stereocenters. The van der Waals surface area contributed by atoms with E-state index in [1.54, 1.807) is 13.8 Å². The number of nitrogens with zero attached hydrogens (tertiary/aromatic N) is 2. The highest BCUT2D eigenvalue weighted by Gasteiger charge is 2.39. The van der Waals surface area contributed by atoms with Crippen LogP contribution in [0.5, 0.6) is 0 Å². The Balaban J connectivity index is 0.00000645. The van der Waals surface area contributed by atoms with E-state index in [1.165, 1.54) is 25.3 Å². The van der Waals surface area contributed by atoms with Gasteiger partial charge in [0.05, 0.1) is 23.9 Å². The number of halogens is 2. The Hall–Kier alpha value is -3.74. The minimum atomic E-state index is -0.991. The molecule has 0 aliphatic carbocycles. The van der Waals surface area contributed by atoms with Crippen molar-refractivity contribution >= 4 is 53.6 Å². The number of rotatable bonds is 13. The van der Waals surface area contributed by atoms with Gasteiger partial charge in [0.1, 0.15) is 11.9 Å². The number of aromatic amines is 1. The number of aromatic nitrogens is 1. The number of hydrogen-bond acceptors (Lipinski definition) is 7. The van der Waals surface area contributed by atoms with Crippen LogP contribution < -0.4 is 21.3 Å². The highest BCUT2D eigenvalue weighted by atomic mass is 35.5. The number of ether oxygens (including phenoxy) is 1. The lowest BCUT2D eigenvalue weighted by Gasteiger charge is -2.21. The van der Waals surface area contributed by atoms with E-state index >= 15 is 0 Å². The van der Waals surface area contributed by atoms with Crippen molar-refractivity contribution in [1.29, 1.82) is 0 Å². The van der Waals surface area contributed by atoms with Gasteiger partial charge in [0.2, 0.25) is 0 Å². The average Bonchev–Trinajstić information content (AvgIpc) is 3.40. The normalized spacial score (nSPS) is 14.0. The van der Waals surface area contributed by atoms with E-state index in [2.05, 4.69) is 34.4 Å². The number of methoxy groups -OCH3 is 1. The SMILES string of the molecule is CCN(CC)CCNC(=O)c1c(C)[nH]c(/C=C2\C(=O)N(C(=O)NC(CCCCN)C(=O)OC)c3ccc(F)cc32)c1C.Cl. The molecule has 0 saturated heterocycles. The summed E-state index contributed by atoms with van der Waals surface area (Å²) in [6.45, 7) is 11.0. The molecule has 1 aliphatic rings. The molecule has 5 N–H and O–H groups in total. The molecule has 0 radical (unpaired) electrons. The van der Waals surface area contributed by atoms with Crippen LogP contribution in [0.4, 0.5) is 14.9 Å². The van der Waals surface area contributed by atoms with Crippen molar-refractivity contribution in [2.24, 2.45) is 5.73 Å². The number of benzene rings is 1. The third-order valence-corrected chi connectivity index (χ3v) is 7.46. The molecule has 3 rings (SSSR count). The number of nitrogens with two attached hydrogens (primary N) is 1. The molecule has 236 valence electrons. The quantitative estimate of drug-likeness (QED) is 0.152. The van der Waals surface area contributed by atoms with Gasteiger partial charge in [0, 0.05) is 30.0 Å². The second-order valence-corrected chi connectivity index (χ2v) is 10.1. The summed E-state index contributed by atoms with van der Waals surface area (Å²) in [6.07, 6.45) is 3.00. The minimum absolute atomic E-state index is 0. The van der Waals surface area contributed by atoms with E-state index in [0.29, 0.717) is 48.4 Å². The maximum absolute atomic E-state index is 14.4. The van der Waals surface area contributed by atoms with Gasteiger partial charge in [-0.25, -0.2) is 18.9 Å². The average molecular weight is 621 g/mol. The lowest BCUT2D eigenvalue weighted by molar-refractivity contribution is -0.143. The van der Waals surface area contributed by atoms with Crippen molar-refractivity contribution in [1.82, 2.24) is 20.5 Å². The van der Waals surface area contributed by atoms with Crippen molar-refractivity contribution in [3.05, 3.63) is 52.1 Å². The summed E-state index contributed by atoms with van der Waals surface area (Å²) in [7, 11) is 1.21. The number of nitrogens with one attached hydrogen (secondary N) is 3. The van der Waals surface area contributed by atoms with Crippen molar-refractivity contribution < 1.29 is 28.3 Å². The number of H-pyrrole nitrogens is 1. The third kappa shape index (κ3) is 8.21. The second kappa shape index (κ2) is 16.2. The van der Waals surface area contributed by atoms with Gasteiger partial charge in [-0.3, -0.25) is 9.59 Å². The van der Waals surface area contributed by atoms with Gasteiger partial charge in [-0.2, -0.15) is 0 Å². The molecule has 11 nitrogen and oxygen atoms in total. The molecule has 1 aliphatic heterocycles. The fourth-order valence-electron chi connectivity index (χ4n) is 5.06. The van der Waals surface area contributed by atoms with E-state index in [1.807, 2.05) is 0 Å². The minimum Gasteiger partial charge on any atom is -0.467 e. The second-order valence-electron chi connectivity index (χ2n) is 10.1. The number of carbonyl (C=O) groups is 4. The van der Waals surface area contributed by atoms with Crippen LogP contribution in [0.2, 0.25) is 0 Å². The van der Waals surface area contributed by atoms with Crippen LogP contribution in [0.1, 0.15) is 66.0 Å². The molecule has 2 aromatic rings. The van der Waals surface area contributed by atoms with Gasteiger partial charge in [0.25, 0.3) is 11.8 Å². The van der Waals surface area contributed by atoms with Gasteiger partial charge >= 0.3 is 12.0 Å². The molecule has 4 amide bonds.